The van der Waals surface area contributed by atoms with E-state index in [1.807, 2.05) is 6.07 Å². The SMILES string of the molecule is COc1cc2sc(C(=O)CCC(C)=O)cc2nc1CCCOc1c(OC)cc2sc(C(=O)CCC(=O)O)cc2c1F. The number of carbonyl (C=O) groups is 4. The summed E-state index contributed by atoms with van der Waals surface area (Å²) in [6, 6.07) is 6.55. The van der Waals surface area contributed by atoms with Crippen molar-refractivity contribution in [2.75, 3.05) is 20.8 Å². The average molecular weight is 602 g/mol. The van der Waals surface area contributed by atoms with Gasteiger partial charge in [0.15, 0.2) is 28.9 Å². The third-order valence-corrected chi connectivity index (χ3v) is 8.52. The number of hydrogen-bond acceptors (Lipinski definition) is 10. The van der Waals surface area contributed by atoms with Gasteiger partial charge >= 0.3 is 5.97 Å². The molecule has 4 aromatic rings. The van der Waals surface area contributed by atoms with Crippen molar-refractivity contribution in [1.82, 2.24) is 4.98 Å². The molecule has 0 saturated heterocycles. The Morgan fingerprint density at radius 1 is 0.878 bits per heavy atom. The summed E-state index contributed by atoms with van der Waals surface area (Å²) >= 11 is 2.38. The molecule has 0 fully saturated rings. The predicted octanol–water partition coefficient (Wildman–Crippen LogP) is 6.28. The van der Waals surface area contributed by atoms with Crippen molar-refractivity contribution in [2.24, 2.45) is 0 Å². The molecule has 12 heteroatoms. The molecule has 0 amide bonds. The third-order valence-electron chi connectivity index (χ3n) is 6.29. The van der Waals surface area contributed by atoms with Gasteiger partial charge in [0.2, 0.25) is 0 Å². The first-order chi connectivity index (χ1) is 19.6. The number of benzene rings is 1. The van der Waals surface area contributed by atoms with Crippen LogP contribution in [0.5, 0.6) is 17.2 Å². The van der Waals surface area contributed by atoms with Gasteiger partial charge < -0.3 is 24.1 Å². The lowest BCUT2D eigenvalue weighted by Gasteiger charge is -2.13. The van der Waals surface area contributed by atoms with E-state index in [1.54, 1.807) is 12.1 Å². The normalized spacial score (nSPS) is 11.1. The Balaban J connectivity index is 1.46. The van der Waals surface area contributed by atoms with Crippen LogP contribution in [0.2, 0.25) is 0 Å². The highest BCUT2D eigenvalue weighted by atomic mass is 32.1. The molecule has 3 aromatic heterocycles. The summed E-state index contributed by atoms with van der Waals surface area (Å²) in [5, 5.41) is 9.03. The van der Waals surface area contributed by atoms with Gasteiger partial charge in [-0.25, -0.2) is 9.37 Å². The minimum absolute atomic E-state index is 0.0377. The van der Waals surface area contributed by atoms with Crippen molar-refractivity contribution in [2.45, 2.75) is 45.4 Å². The van der Waals surface area contributed by atoms with Crippen molar-refractivity contribution < 1.29 is 42.9 Å². The molecule has 3 heterocycles. The highest BCUT2D eigenvalue weighted by molar-refractivity contribution is 7.21. The van der Waals surface area contributed by atoms with Gasteiger partial charge in [-0.1, -0.05) is 0 Å². The molecule has 0 spiro atoms. The zero-order valence-corrected chi connectivity index (χ0v) is 24.3. The minimum Gasteiger partial charge on any atom is -0.495 e. The molecule has 1 aromatic carbocycles. The number of carboxylic acids is 1. The summed E-state index contributed by atoms with van der Waals surface area (Å²) in [6.45, 7) is 1.59. The van der Waals surface area contributed by atoms with Crippen LogP contribution in [0, 0.1) is 5.82 Å². The molecular formula is C29H28FNO8S2. The number of pyridine rings is 1. The zero-order valence-electron chi connectivity index (χ0n) is 22.7. The van der Waals surface area contributed by atoms with Gasteiger partial charge in [-0.3, -0.25) is 14.4 Å². The summed E-state index contributed by atoms with van der Waals surface area (Å²) in [5.74, 6) is -1.59. The topological polar surface area (TPSA) is 129 Å². The standard InChI is InChI=1S/C29H28FNO8S2/c1-15(32)6-7-19(33)26-12-18-24(41-26)13-21(37-2)17(31-18)5-4-10-39-29-22(38-3)14-23-16(28(29)30)11-25(40-23)20(34)8-9-27(35)36/h11-14H,4-10H2,1-3H3,(H,35,36). The summed E-state index contributed by atoms with van der Waals surface area (Å²) < 4.78 is 33.3. The van der Waals surface area contributed by atoms with Crippen LogP contribution in [0.4, 0.5) is 4.39 Å². The van der Waals surface area contributed by atoms with Crippen molar-refractivity contribution in [3.05, 3.63) is 45.5 Å². The summed E-state index contributed by atoms with van der Waals surface area (Å²) in [5.41, 5.74) is 1.32. The minimum atomic E-state index is -1.08. The number of fused-ring (bicyclic) bond motifs is 2. The molecular weight excluding hydrogens is 573 g/mol. The number of rotatable bonds is 15. The van der Waals surface area contributed by atoms with Crippen molar-refractivity contribution >= 4 is 66.3 Å². The van der Waals surface area contributed by atoms with Crippen LogP contribution in [0.25, 0.3) is 20.3 Å². The smallest absolute Gasteiger partial charge is 0.303 e. The Hall–Kier alpha value is -3.90. The summed E-state index contributed by atoms with van der Waals surface area (Å²) in [7, 11) is 2.93. The Morgan fingerprint density at radius 2 is 1.51 bits per heavy atom. The Labute approximate surface area is 242 Å². The molecule has 0 aliphatic rings. The van der Waals surface area contributed by atoms with E-state index in [9.17, 15) is 19.2 Å². The second kappa shape index (κ2) is 13.2. The maximum atomic E-state index is 15.4. The molecule has 0 radical (unpaired) electrons. The quantitative estimate of drug-likeness (QED) is 0.124. The fraction of sp³-hybridized carbons (Fsp3) is 0.345. The molecule has 41 heavy (non-hydrogen) atoms. The number of carboxylic acid groups (broad SMARTS) is 1. The average Bonchev–Trinajstić information content (AvgIpc) is 3.57. The number of aliphatic carboxylic acids is 1. The number of carbonyl (C=O) groups excluding carboxylic acids is 3. The Bertz CT molecular complexity index is 1640. The number of methoxy groups -OCH3 is 2. The predicted molar refractivity (Wildman–Crippen MR) is 154 cm³/mol. The first-order valence-corrected chi connectivity index (χ1v) is 14.4. The fourth-order valence-corrected chi connectivity index (χ4v) is 6.23. The van der Waals surface area contributed by atoms with Crippen LogP contribution in [-0.2, 0) is 16.0 Å². The highest BCUT2D eigenvalue weighted by Crippen LogP contribution is 2.40. The van der Waals surface area contributed by atoms with E-state index in [1.165, 1.54) is 38.5 Å². The van der Waals surface area contributed by atoms with Crippen LogP contribution in [0.3, 0.4) is 0 Å². The van der Waals surface area contributed by atoms with Gasteiger partial charge in [0.05, 0.1) is 52.9 Å². The lowest BCUT2D eigenvalue weighted by molar-refractivity contribution is -0.137. The van der Waals surface area contributed by atoms with E-state index in [0.717, 1.165) is 16.0 Å². The van der Waals surface area contributed by atoms with Gasteiger partial charge in [-0.2, -0.15) is 0 Å². The maximum absolute atomic E-state index is 15.4. The van der Waals surface area contributed by atoms with Gasteiger partial charge in [0.1, 0.15) is 11.5 Å². The van der Waals surface area contributed by atoms with E-state index >= 15 is 4.39 Å². The van der Waals surface area contributed by atoms with Crippen molar-refractivity contribution in [3.63, 3.8) is 0 Å². The molecule has 0 aliphatic heterocycles. The van der Waals surface area contributed by atoms with Crippen LogP contribution in [0.1, 0.15) is 64.1 Å². The van der Waals surface area contributed by atoms with Crippen LogP contribution < -0.4 is 14.2 Å². The molecule has 9 nitrogen and oxygen atoms in total. The van der Waals surface area contributed by atoms with E-state index in [0.29, 0.717) is 39.4 Å². The number of ether oxygens (including phenoxy) is 3. The summed E-state index contributed by atoms with van der Waals surface area (Å²) in [6.07, 6.45) is 0.806. The van der Waals surface area contributed by atoms with Gasteiger partial charge in [-0.15, -0.1) is 22.7 Å². The summed E-state index contributed by atoms with van der Waals surface area (Å²) in [4.78, 5) is 52.3. The second-order valence-electron chi connectivity index (χ2n) is 9.27. The number of ketones is 3. The number of aryl methyl sites for hydroxylation is 1. The van der Waals surface area contributed by atoms with Crippen LogP contribution >= 0.6 is 22.7 Å². The molecule has 1 N–H and O–H groups in total. The second-order valence-corrected chi connectivity index (χ2v) is 11.4. The first kappa shape index (κ1) is 30.1. The molecule has 0 unspecified atom stereocenters. The number of hydrogen-bond donors (Lipinski definition) is 1. The first-order valence-electron chi connectivity index (χ1n) is 12.8. The lowest BCUT2D eigenvalue weighted by Crippen LogP contribution is -2.04. The molecule has 0 aliphatic carbocycles. The van der Waals surface area contributed by atoms with Gasteiger partial charge in [-0.05, 0) is 31.9 Å². The Morgan fingerprint density at radius 3 is 2.17 bits per heavy atom. The molecule has 216 valence electrons. The lowest BCUT2D eigenvalue weighted by atomic mass is 10.1. The molecule has 0 saturated carbocycles. The van der Waals surface area contributed by atoms with Gasteiger partial charge in [0.25, 0.3) is 0 Å². The van der Waals surface area contributed by atoms with Gasteiger partial charge in [0, 0.05) is 41.5 Å². The van der Waals surface area contributed by atoms with Crippen LogP contribution in [0.15, 0.2) is 24.3 Å². The van der Waals surface area contributed by atoms with E-state index in [-0.39, 0.29) is 71.4 Å². The van der Waals surface area contributed by atoms with Crippen molar-refractivity contribution in [1.29, 1.82) is 0 Å². The largest absolute Gasteiger partial charge is 0.495 e. The van der Waals surface area contributed by atoms with E-state index in [4.69, 9.17) is 19.3 Å². The van der Waals surface area contributed by atoms with Crippen LogP contribution in [-0.4, -0.2) is 54.2 Å². The number of halogens is 1. The Kier molecular flexibility index (Phi) is 9.66. The number of thiophene rings is 2. The third kappa shape index (κ3) is 7.06. The fourth-order valence-electron chi connectivity index (χ4n) is 4.18. The monoisotopic (exact) mass is 601 g/mol. The number of Topliss-reactive ketones (excluding diaryl/α,β-unsaturated/α-hetero) is 3. The highest BCUT2D eigenvalue weighted by Gasteiger charge is 2.21. The number of aromatic nitrogens is 1. The van der Waals surface area contributed by atoms with Crippen molar-refractivity contribution in [3.8, 4) is 17.2 Å². The van der Waals surface area contributed by atoms with E-state index in [2.05, 4.69) is 4.98 Å². The molecule has 0 atom stereocenters. The maximum Gasteiger partial charge on any atom is 0.303 e. The zero-order chi connectivity index (χ0) is 29.7. The number of nitrogens with zero attached hydrogens (tertiary/aromatic N) is 1. The molecule has 0 bridgehead atoms. The van der Waals surface area contributed by atoms with E-state index < -0.39 is 11.8 Å². The molecule has 4 rings (SSSR count).